The number of aromatic nitrogens is 2. The second kappa shape index (κ2) is 8.37. The molecule has 4 rings (SSSR count). The van der Waals surface area contributed by atoms with Gasteiger partial charge in [0.2, 0.25) is 0 Å². The number of halogens is 3. The molecule has 1 aliphatic heterocycles. The molecule has 2 amide bonds. The van der Waals surface area contributed by atoms with Crippen LogP contribution in [0, 0.1) is 6.92 Å². The number of alkyl halides is 3. The molecule has 3 heterocycles. The maximum absolute atomic E-state index is 13.2. The molecule has 0 aliphatic carbocycles. The van der Waals surface area contributed by atoms with E-state index in [9.17, 15) is 18.0 Å². The van der Waals surface area contributed by atoms with Crippen LogP contribution in [0.5, 0.6) is 0 Å². The van der Waals surface area contributed by atoms with E-state index in [1.807, 2.05) is 31.2 Å². The van der Waals surface area contributed by atoms with Crippen molar-refractivity contribution in [2.45, 2.75) is 31.4 Å². The molecule has 2 aromatic heterocycles. The molecular formula is C23H26F3N5O. The number of imidazole rings is 1. The van der Waals surface area contributed by atoms with E-state index in [0.29, 0.717) is 25.5 Å². The Morgan fingerprint density at radius 3 is 2.47 bits per heavy atom. The van der Waals surface area contributed by atoms with Crippen LogP contribution < -0.4 is 10.6 Å². The molecule has 2 N–H and O–H groups in total. The monoisotopic (exact) mass is 445 g/mol. The number of carbonyl (C=O) groups is 1. The van der Waals surface area contributed by atoms with Crippen LogP contribution in [0.2, 0.25) is 0 Å². The third-order valence-corrected chi connectivity index (χ3v) is 6.22. The van der Waals surface area contributed by atoms with Crippen molar-refractivity contribution in [1.29, 1.82) is 0 Å². The molecule has 1 aliphatic rings. The third-order valence-electron chi connectivity index (χ3n) is 6.22. The first-order valence-corrected chi connectivity index (χ1v) is 10.5. The molecule has 6 nitrogen and oxygen atoms in total. The van der Waals surface area contributed by atoms with Gasteiger partial charge >= 0.3 is 12.2 Å². The number of pyridine rings is 1. The molecule has 1 fully saturated rings. The number of amides is 2. The van der Waals surface area contributed by atoms with Crippen LogP contribution in [-0.4, -0.2) is 47.0 Å². The summed E-state index contributed by atoms with van der Waals surface area (Å²) in [5.74, 6) is 0.562. The topological polar surface area (TPSA) is 61.7 Å². The highest BCUT2D eigenvalue weighted by molar-refractivity contribution is 5.74. The molecule has 0 radical (unpaired) electrons. The van der Waals surface area contributed by atoms with Gasteiger partial charge < -0.3 is 15.5 Å². The minimum absolute atomic E-state index is 0.0990. The molecule has 32 heavy (non-hydrogen) atoms. The fourth-order valence-electron chi connectivity index (χ4n) is 4.41. The predicted molar refractivity (Wildman–Crippen MR) is 117 cm³/mol. The van der Waals surface area contributed by atoms with Gasteiger partial charge in [-0.2, -0.15) is 13.2 Å². The molecule has 170 valence electrons. The average molecular weight is 445 g/mol. The Morgan fingerprint density at radius 1 is 1.16 bits per heavy atom. The van der Waals surface area contributed by atoms with Gasteiger partial charge in [0.15, 0.2) is 5.69 Å². The van der Waals surface area contributed by atoms with Gasteiger partial charge in [0, 0.05) is 38.3 Å². The molecule has 0 bridgehead atoms. The van der Waals surface area contributed by atoms with E-state index in [-0.39, 0.29) is 17.1 Å². The van der Waals surface area contributed by atoms with E-state index in [1.165, 1.54) is 4.40 Å². The largest absolute Gasteiger partial charge is 0.434 e. The van der Waals surface area contributed by atoms with E-state index in [0.717, 1.165) is 30.2 Å². The van der Waals surface area contributed by atoms with Crippen molar-refractivity contribution >= 4 is 17.5 Å². The van der Waals surface area contributed by atoms with Gasteiger partial charge in [0.1, 0.15) is 11.5 Å². The zero-order chi connectivity index (χ0) is 22.9. The molecular weight excluding hydrogens is 419 g/mol. The summed E-state index contributed by atoms with van der Waals surface area (Å²) in [6.45, 7) is 3.56. The maximum Gasteiger partial charge on any atom is 0.434 e. The van der Waals surface area contributed by atoms with E-state index >= 15 is 0 Å². The van der Waals surface area contributed by atoms with Crippen molar-refractivity contribution in [1.82, 2.24) is 19.6 Å². The Bertz CT molecular complexity index is 1100. The first-order valence-electron chi connectivity index (χ1n) is 10.5. The number of aryl methyl sites for hydroxylation is 1. The summed E-state index contributed by atoms with van der Waals surface area (Å²) in [5.41, 5.74) is 1.05. The van der Waals surface area contributed by atoms with Gasteiger partial charge in [0.05, 0.1) is 0 Å². The van der Waals surface area contributed by atoms with Gasteiger partial charge in [-0.25, -0.2) is 9.78 Å². The summed E-state index contributed by atoms with van der Waals surface area (Å²) in [4.78, 5) is 17.6. The highest BCUT2D eigenvalue weighted by atomic mass is 19.4. The minimum Gasteiger partial charge on any atom is -0.370 e. The van der Waals surface area contributed by atoms with Gasteiger partial charge in [0.25, 0.3) is 0 Å². The lowest BCUT2D eigenvalue weighted by Crippen LogP contribution is -2.50. The third kappa shape index (κ3) is 4.24. The smallest absolute Gasteiger partial charge is 0.370 e. The number of rotatable bonds is 4. The first-order chi connectivity index (χ1) is 15.2. The lowest BCUT2D eigenvalue weighted by molar-refractivity contribution is -0.140. The standard InChI is InChI=1S/C23H26F3N5O/c1-16-12-19(31-14-18(23(24,25)26)29-20(31)13-16)28-15-22(17-6-4-3-5-7-17)8-10-30(11-9-22)21(32)27-2/h3-7,12-14,28H,8-11,15H2,1-2H3,(H,27,32). The first kappa shape index (κ1) is 22.0. The van der Waals surface area contributed by atoms with Crippen molar-refractivity contribution in [2.24, 2.45) is 0 Å². The van der Waals surface area contributed by atoms with Gasteiger partial charge in [-0.3, -0.25) is 4.40 Å². The second-order valence-electron chi connectivity index (χ2n) is 8.31. The van der Waals surface area contributed by atoms with Crippen LogP contribution in [0.4, 0.5) is 23.8 Å². The SMILES string of the molecule is CNC(=O)N1CCC(CNc2cc(C)cc3nc(C(F)(F)F)cn23)(c2ccccc2)CC1. The molecule has 0 spiro atoms. The Kier molecular flexibility index (Phi) is 5.75. The summed E-state index contributed by atoms with van der Waals surface area (Å²) in [6.07, 6.45) is -2.00. The lowest BCUT2D eigenvalue weighted by Gasteiger charge is -2.42. The van der Waals surface area contributed by atoms with Crippen LogP contribution >= 0.6 is 0 Å². The van der Waals surface area contributed by atoms with E-state index in [2.05, 4.69) is 27.8 Å². The molecule has 1 aromatic carbocycles. The zero-order valence-corrected chi connectivity index (χ0v) is 18.0. The summed E-state index contributed by atoms with van der Waals surface area (Å²) in [7, 11) is 1.62. The summed E-state index contributed by atoms with van der Waals surface area (Å²) < 4.78 is 41.1. The number of hydrogen-bond donors (Lipinski definition) is 2. The highest BCUT2D eigenvalue weighted by Crippen LogP contribution is 2.36. The van der Waals surface area contributed by atoms with Gasteiger partial charge in [-0.05, 0) is 43.0 Å². The van der Waals surface area contributed by atoms with Gasteiger partial charge in [-0.1, -0.05) is 30.3 Å². The quantitative estimate of drug-likeness (QED) is 0.624. The Morgan fingerprint density at radius 2 is 1.84 bits per heavy atom. The van der Waals surface area contributed by atoms with Crippen LogP contribution in [0.1, 0.15) is 29.7 Å². The number of anilines is 1. The number of piperidine rings is 1. The minimum atomic E-state index is -4.50. The van der Waals surface area contributed by atoms with Crippen molar-refractivity contribution in [3.63, 3.8) is 0 Å². The lowest BCUT2D eigenvalue weighted by atomic mass is 9.72. The molecule has 9 heteroatoms. The van der Waals surface area contributed by atoms with Crippen LogP contribution in [0.3, 0.4) is 0 Å². The normalized spacial score (nSPS) is 16.2. The molecule has 0 unspecified atom stereocenters. The summed E-state index contributed by atoms with van der Waals surface area (Å²) in [6, 6.07) is 13.4. The summed E-state index contributed by atoms with van der Waals surface area (Å²) >= 11 is 0. The number of likely N-dealkylation sites (tertiary alicyclic amines) is 1. The number of nitrogens with zero attached hydrogens (tertiary/aromatic N) is 3. The Labute approximate surface area is 184 Å². The van der Waals surface area contributed by atoms with E-state index in [1.54, 1.807) is 18.0 Å². The maximum atomic E-state index is 13.2. The Balaban J connectivity index is 1.64. The molecule has 0 saturated carbocycles. The summed E-state index contributed by atoms with van der Waals surface area (Å²) in [5, 5.41) is 6.07. The number of nitrogens with one attached hydrogen (secondary N) is 2. The van der Waals surface area contributed by atoms with Crippen LogP contribution in [0.15, 0.2) is 48.7 Å². The number of fused-ring (bicyclic) bond motifs is 1. The van der Waals surface area contributed by atoms with Gasteiger partial charge in [-0.15, -0.1) is 0 Å². The van der Waals surface area contributed by atoms with Crippen LogP contribution in [-0.2, 0) is 11.6 Å². The van der Waals surface area contributed by atoms with Crippen LogP contribution in [0.25, 0.3) is 5.65 Å². The predicted octanol–water partition coefficient (Wildman–Crippen LogP) is 4.45. The molecule has 3 aromatic rings. The van der Waals surface area contributed by atoms with Crippen molar-refractivity contribution < 1.29 is 18.0 Å². The van der Waals surface area contributed by atoms with E-state index in [4.69, 9.17) is 0 Å². The highest BCUT2D eigenvalue weighted by Gasteiger charge is 2.38. The van der Waals surface area contributed by atoms with Crippen molar-refractivity contribution in [2.75, 3.05) is 32.0 Å². The average Bonchev–Trinajstić information content (AvgIpc) is 3.22. The fraction of sp³-hybridized carbons (Fsp3) is 0.391. The zero-order valence-electron chi connectivity index (χ0n) is 18.0. The number of benzene rings is 1. The number of carbonyl (C=O) groups excluding carboxylic acids is 1. The Hall–Kier alpha value is -3.23. The van der Waals surface area contributed by atoms with Crippen molar-refractivity contribution in [3.05, 3.63) is 65.5 Å². The second-order valence-corrected chi connectivity index (χ2v) is 8.31. The van der Waals surface area contributed by atoms with E-state index < -0.39 is 11.9 Å². The number of hydrogen-bond acceptors (Lipinski definition) is 3. The molecule has 0 atom stereocenters. The fourth-order valence-corrected chi connectivity index (χ4v) is 4.41. The van der Waals surface area contributed by atoms with Crippen molar-refractivity contribution in [3.8, 4) is 0 Å². The number of urea groups is 1. The molecule has 1 saturated heterocycles.